The number of hydrogen-bond donors (Lipinski definition) is 3. The van der Waals surface area contributed by atoms with Crippen molar-refractivity contribution in [3.63, 3.8) is 0 Å². The third-order valence-corrected chi connectivity index (χ3v) is 5.10. The van der Waals surface area contributed by atoms with Crippen LogP contribution in [-0.4, -0.2) is 36.0 Å². The van der Waals surface area contributed by atoms with Crippen LogP contribution < -0.4 is 16.0 Å². The molecule has 1 unspecified atom stereocenters. The van der Waals surface area contributed by atoms with E-state index >= 15 is 0 Å². The van der Waals surface area contributed by atoms with E-state index in [-0.39, 0.29) is 29.4 Å². The molecule has 0 bridgehead atoms. The molecular weight excluding hydrogens is 254 g/mol. The Hall–Kier alpha value is -1.10. The number of rotatable bonds is 2. The largest absolute Gasteiger partial charge is 0.351 e. The third kappa shape index (κ3) is 2.97. The Morgan fingerprint density at radius 2 is 2.00 bits per heavy atom. The van der Waals surface area contributed by atoms with Crippen molar-refractivity contribution in [1.29, 1.82) is 0 Å². The van der Waals surface area contributed by atoms with Gasteiger partial charge in [0.25, 0.3) is 0 Å². The second kappa shape index (κ2) is 5.72. The maximum absolute atomic E-state index is 12.2. The quantitative estimate of drug-likeness (QED) is 0.701. The summed E-state index contributed by atoms with van der Waals surface area (Å²) in [5.41, 5.74) is 0.257. The Kier molecular flexibility index (Phi) is 3.96. The first kappa shape index (κ1) is 13.9. The van der Waals surface area contributed by atoms with Crippen LogP contribution in [0.5, 0.6) is 0 Å². The lowest BCUT2D eigenvalue weighted by Crippen LogP contribution is -2.58. The monoisotopic (exact) mass is 279 g/mol. The van der Waals surface area contributed by atoms with Gasteiger partial charge in [0.05, 0.1) is 0 Å². The molecule has 3 rings (SSSR count). The standard InChI is InChI=1S/C15H25N3O2/c19-13-5-4-12(18-13)14(20)17-11-6-9-16-15(10-11)7-2-1-3-8-15/h11-12,16H,1-10H2,(H,17,20)(H,18,19)/t11?,12-/m1/s1. The average Bonchev–Trinajstić information content (AvgIpc) is 2.86. The smallest absolute Gasteiger partial charge is 0.242 e. The molecule has 0 aromatic rings. The Labute approximate surface area is 120 Å². The van der Waals surface area contributed by atoms with Gasteiger partial charge < -0.3 is 16.0 Å². The molecule has 2 aliphatic heterocycles. The van der Waals surface area contributed by atoms with E-state index in [1.165, 1.54) is 32.1 Å². The third-order valence-electron chi connectivity index (χ3n) is 5.10. The first-order valence-electron chi connectivity index (χ1n) is 8.02. The number of piperidine rings is 1. The van der Waals surface area contributed by atoms with Crippen LogP contribution in [0.3, 0.4) is 0 Å². The van der Waals surface area contributed by atoms with E-state index in [0.717, 1.165) is 19.4 Å². The summed E-state index contributed by atoms with van der Waals surface area (Å²) in [7, 11) is 0. The number of amides is 2. The van der Waals surface area contributed by atoms with Crippen molar-refractivity contribution in [2.24, 2.45) is 0 Å². The number of carbonyl (C=O) groups excluding carboxylic acids is 2. The van der Waals surface area contributed by atoms with Crippen molar-refractivity contribution in [2.45, 2.75) is 75.4 Å². The zero-order valence-corrected chi connectivity index (χ0v) is 12.0. The molecule has 1 aliphatic carbocycles. The maximum Gasteiger partial charge on any atom is 0.242 e. The first-order valence-corrected chi connectivity index (χ1v) is 8.02. The molecule has 112 valence electrons. The van der Waals surface area contributed by atoms with Crippen molar-refractivity contribution in [1.82, 2.24) is 16.0 Å². The van der Waals surface area contributed by atoms with Crippen LogP contribution in [0.15, 0.2) is 0 Å². The van der Waals surface area contributed by atoms with Crippen LogP contribution in [0.2, 0.25) is 0 Å². The van der Waals surface area contributed by atoms with E-state index in [0.29, 0.717) is 12.8 Å². The molecule has 3 aliphatic rings. The van der Waals surface area contributed by atoms with Gasteiger partial charge in [-0.25, -0.2) is 0 Å². The van der Waals surface area contributed by atoms with Crippen molar-refractivity contribution < 1.29 is 9.59 Å². The van der Waals surface area contributed by atoms with E-state index < -0.39 is 0 Å². The lowest BCUT2D eigenvalue weighted by atomic mass is 9.75. The summed E-state index contributed by atoms with van der Waals surface area (Å²) in [6.07, 6.45) is 9.56. The zero-order valence-electron chi connectivity index (χ0n) is 12.0. The van der Waals surface area contributed by atoms with E-state index in [4.69, 9.17) is 0 Å². The zero-order chi connectivity index (χ0) is 14.0. The lowest BCUT2D eigenvalue weighted by Gasteiger charge is -2.45. The SMILES string of the molecule is O=C1CC[C@H](C(=O)NC2CCNC3(CCCCC3)C2)N1. The normalized spacial score (nSPS) is 32.9. The molecule has 0 radical (unpaired) electrons. The van der Waals surface area contributed by atoms with Gasteiger partial charge in [-0.1, -0.05) is 19.3 Å². The van der Waals surface area contributed by atoms with Crippen LogP contribution in [0.4, 0.5) is 0 Å². The number of hydrogen-bond acceptors (Lipinski definition) is 3. The fraction of sp³-hybridized carbons (Fsp3) is 0.867. The molecule has 5 nitrogen and oxygen atoms in total. The minimum Gasteiger partial charge on any atom is -0.351 e. The summed E-state index contributed by atoms with van der Waals surface area (Å²) < 4.78 is 0. The Balaban J connectivity index is 1.54. The summed E-state index contributed by atoms with van der Waals surface area (Å²) in [5.74, 6) is 0.00733. The molecular formula is C15H25N3O2. The molecule has 2 atom stereocenters. The summed E-state index contributed by atoms with van der Waals surface area (Å²) in [4.78, 5) is 23.4. The Morgan fingerprint density at radius 1 is 1.20 bits per heavy atom. The maximum atomic E-state index is 12.2. The second-order valence-corrected chi connectivity index (χ2v) is 6.62. The molecule has 1 saturated carbocycles. The summed E-state index contributed by atoms with van der Waals surface area (Å²) in [6.45, 7) is 0.988. The molecule has 0 aromatic carbocycles. The molecule has 5 heteroatoms. The summed E-state index contributed by atoms with van der Waals surface area (Å²) in [5, 5.41) is 9.60. The fourth-order valence-electron chi connectivity index (χ4n) is 4.00. The van der Waals surface area contributed by atoms with Gasteiger partial charge in [0.1, 0.15) is 6.04 Å². The van der Waals surface area contributed by atoms with Crippen molar-refractivity contribution in [2.75, 3.05) is 6.54 Å². The van der Waals surface area contributed by atoms with Crippen molar-refractivity contribution in [3.05, 3.63) is 0 Å². The lowest BCUT2D eigenvalue weighted by molar-refractivity contribution is -0.126. The van der Waals surface area contributed by atoms with Crippen molar-refractivity contribution in [3.8, 4) is 0 Å². The average molecular weight is 279 g/mol. The molecule has 1 spiro atoms. The number of nitrogens with one attached hydrogen (secondary N) is 3. The Bertz CT molecular complexity index is 385. The summed E-state index contributed by atoms with van der Waals surface area (Å²) in [6, 6.07) is -0.0426. The molecule has 2 saturated heterocycles. The molecule has 2 heterocycles. The van der Waals surface area contributed by atoms with Gasteiger partial charge in [0.15, 0.2) is 0 Å². The molecule has 2 amide bonds. The highest BCUT2D eigenvalue weighted by molar-refractivity contribution is 5.90. The van der Waals surface area contributed by atoms with Gasteiger partial charge >= 0.3 is 0 Å². The minimum atomic E-state index is -0.306. The first-order chi connectivity index (χ1) is 9.67. The molecule has 3 N–H and O–H groups in total. The second-order valence-electron chi connectivity index (χ2n) is 6.62. The van der Waals surface area contributed by atoms with Gasteiger partial charge in [-0.2, -0.15) is 0 Å². The highest BCUT2D eigenvalue weighted by atomic mass is 16.2. The topological polar surface area (TPSA) is 70.2 Å². The highest BCUT2D eigenvalue weighted by Crippen LogP contribution is 2.34. The van der Waals surface area contributed by atoms with E-state index in [9.17, 15) is 9.59 Å². The van der Waals surface area contributed by atoms with Gasteiger partial charge in [-0.15, -0.1) is 0 Å². The molecule has 0 aromatic heterocycles. The predicted molar refractivity (Wildman–Crippen MR) is 76.1 cm³/mol. The van der Waals surface area contributed by atoms with Crippen LogP contribution in [-0.2, 0) is 9.59 Å². The highest BCUT2D eigenvalue weighted by Gasteiger charge is 2.38. The van der Waals surface area contributed by atoms with E-state index in [1.54, 1.807) is 0 Å². The predicted octanol–water partition coefficient (Wildman–Crippen LogP) is 0.836. The van der Waals surface area contributed by atoms with Crippen LogP contribution >= 0.6 is 0 Å². The van der Waals surface area contributed by atoms with E-state index in [2.05, 4.69) is 16.0 Å². The minimum absolute atomic E-state index is 0.000730. The molecule has 20 heavy (non-hydrogen) atoms. The van der Waals surface area contributed by atoms with E-state index in [1.807, 2.05) is 0 Å². The van der Waals surface area contributed by atoms with Gasteiger partial charge in [-0.05, 0) is 38.6 Å². The molecule has 3 fully saturated rings. The van der Waals surface area contributed by atoms with Crippen LogP contribution in [0.1, 0.15) is 57.8 Å². The van der Waals surface area contributed by atoms with Gasteiger partial charge in [0.2, 0.25) is 11.8 Å². The van der Waals surface area contributed by atoms with Crippen LogP contribution in [0.25, 0.3) is 0 Å². The van der Waals surface area contributed by atoms with Crippen LogP contribution in [0, 0.1) is 0 Å². The fourth-order valence-corrected chi connectivity index (χ4v) is 4.00. The van der Waals surface area contributed by atoms with Gasteiger partial charge in [0, 0.05) is 18.0 Å². The van der Waals surface area contributed by atoms with Crippen molar-refractivity contribution >= 4 is 11.8 Å². The Morgan fingerprint density at radius 3 is 2.70 bits per heavy atom. The number of carbonyl (C=O) groups is 2. The summed E-state index contributed by atoms with van der Waals surface area (Å²) >= 11 is 0. The van der Waals surface area contributed by atoms with Gasteiger partial charge in [-0.3, -0.25) is 9.59 Å².